The van der Waals surface area contributed by atoms with Crippen LogP contribution in [0.1, 0.15) is 26.7 Å². The molecule has 19 heavy (non-hydrogen) atoms. The zero-order valence-electron chi connectivity index (χ0n) is 11.6. The molecular formula is C15H21NO3. The minimum atomic E-state index is -0.557. The summed E-state index contributed by atoms with van der Waals surface area (Å²) in [5.41, 5.74) is 1.07. The van der Waals surface area contributed by atoms with Gasteiger partial charge in [0, 0.05) is 38.8 Å². The van der Waals surface area contributed by atoms with Gasteiger partial charge in [0.1, 0.15) is 0 Å². The second-order valence-electron chi connectivity index (χ2n) is 5.73. The van der Waals surface area contributed by atoms with Gasteiger partial charge in [-0.2, -0.15) is 0 Å². The Bertz CT molecular complexity index is 453. The molecule has 0 bridgehead atoms. The highest BCUT2D eigenvalue weighted by molar-refractivity contribution is 5.56. The summed E-state index contributed by atoms with van der Waals surface area (Å²) in [6.45, 7) is 6.56. The van der Waals surface area contributed by atoms with Crippen molar-refractivity contribution in [1.82, 2.24) is 0 Å². The van der Waals surface area contributed by atoms with E-state index in [9.17, 15) is 0 Å². The minimum absolute atomic E-state index is 0.557. The van der Waals surface area contributed by atoms with E-state index in [-0.39, 0.29) is 0 Å². The van der Waals surface area contributed by atoms with E-state index in [0.717, 1.165) is 36.9 Å². The number of benzene rings is 1. The summed E-state index contributed by atoms with van der Waals surface area (Å²) in [5.74, 6) is 1.68. The molecule has 1 saturated heterocycles. The third-order valence-electron chi connectivity index (χ3n) is 3.50. The van der Waals surface area contributed by atoms with Crippen LogP contribution in [0.3, 0.4) is 0 Å². The van der Waals surface area contributed by atoms with Crippen molar-refractivity contribution < 1.29 is 14.2 Å². The van der Waals surface area contributed by atoms with E-state index in [1.165, 1.54) is 12.8 Å². The molecule has 1 aromatic carbocycles. The first-order chi connectivity index (χ1) is 9.12. The van der Waals surface area contributed by atoms with Gasteiger partial charge in [-0.1, -0.05) is 0 Å². The smallest absolute Gasteiger partial charge is 0.246 e. The first-order valence-corrected chi connectivity index (χ1v) is 6.96. The molecule has 3 rings (SSSR count). The summed E-state index contributed by atoms with van der Waals surface area (Å²) < 4.78 is 16.9. The molecule has 104 valence electrons. The molecule has 0 amide bonds. The van der Waals surface area contributed by atoms with Gasteiger partial charge in [-0.15, -0.1) is 0 Å². The van der Waals surface area contributed by atoms with E-state index >= 15 is 0 Å². The number of rotatable bonds is 3. The van der Waals surface area contributed by atoms with Gasteiger partial charge in [0.25, 0.3) is 0 Å². The van der Waals surface area contributed by atoms with Crippen molar-refractivity contribution in [2.75, 3.05) is 25.1 Å². The van der Waals surface area contributed by atoms with E-state index < -0.39 is 5.79 Å². The fraction of sp³-hybridized carbons (Fsp3) is 0.600. The van der Waals surface area contributed by atoms with Crippen molar-refractivity contribution in [3.63, 3.8) is 0 Å². The molecule has 0 aromatic heterocycles. The monoisotopic (exact) mass is 263 g/mol. The topological polar surface area (TPSA) is 39.7 Å². The summed E-state index contributed by atoms with van der Waals surface area (Å²) >= 11 is 0. The molecule has 2 aliphatic rings. The molecule has 2 aliphatic heterocycles. The maximum Gasteiger partial charge on any atom is 0.246 e. The zero-order chi connectivity index (χ0) is 13.3. The number of hydrogen-bond donors (Lipinski definition) is 1. The van der Waals surface area contributed by atoms with Crippen LogP contribution in [-0.2, 0) is 4.74 Å². The fourth-order valence-electron chi connectivity index (χ4n) is 2.56. The quantitative estimate of drug-likeness (QED) is 0.910. The number of ether oxygens (including phenoxy) is 3. The number of fused-ring (bicyclic) bond motifs is 1. The van der Waals surface area contributed by atoms with Crippen molar-refractivity contribution in [2.24, 2.45) is 5.92 Å². The Hall–Kier alpha value is -1.42. The average Bonchev–Trinajstić information content (AvgIpc) is 2.70. The average molecular weight is 263 g/mol. The Morgan fingerprint density at radius 1 is 1.26 bits per heavy atom. The van der Waals surface area contributed by atoms with E-state index in [4.69, 9.17) is 14.2 Å². The van der Waals surface area contributed by atoms with Crippen LogP contribution in [-0.4, -0.2) is 25.5 Å². The number of nitrogens with one attached hydrogen (secondary N) is 1. The van der Waals surface area contributed by atoms with Crippen molar-refractivity contribution >= 4 is 5.69 Å². The van der Waals surface area contributed by atoms with Crippen molar-refractivity contribution in [3.05, 3.63) is 18.2 Å². The largest absolute Gasteiger partial charge is 0.449 e. The zero-order valence-corrected chi connectivity index (χ0v) is 11.6. The maximum atomic E-state index is 5.74. The highest BCUT2D eigenvalue weighted by atomic mass is 16.7. The molecular weight excluding hydrogens is 242 g/mol. The summed E-state index contributed by atoms with van der Waals surface area (Å²) in [7, 11) is 0. The Labute approximate surface area is 114 Å². The molecule has 1 unspecified atom stereocenters. The van der Waals surface area contributed by atoms with E-state index in [1.807, 2.05) is 32.0 Å². The van der Waals surface area contributed by atoms with Crippen LogP contribution < -0.4 is 14.8 Å². The van der Waals surface area contributed by atoms with Crippen LogP contribution in [0.15, 0.2) is 18.2 Å². The molecule has 0 saturated carbocycles. The van der Waals surface area contributed by atoms with Crippen LogP contribution in [0, 0.1) is 5.92 Å². The SMILES string of the molecule is CC1(C)Oc2ccc(NCC3CCCOC3)cc2O1. The van der Waals surface area contributed by atoms with Crippen molar-refractivity contribution in [3.8, 4) is 11.5 Å². The standard InChI is InChI=1S/C15H21NO3/c1-15(2)18-13-6-5-12(8-14(13)19-15)16-9-11-4-3-7-17-10-11/h5-6,8,11,16H,3-4,7,9-10H2,1-2H3. The molecule has 2 heterocycles. The van der Waals surface area contributed by atoms with Crippen LogP contribution in [0.5, 0.6) is 11.5 Å². The molecule has 1 atom stereocenters. The van der Waals surface area contributed by atoms with Gasteiger partial charge in [0.15, 0.2) is 11.5 Å². The molecule has 1 N–H and O–H groups in total. The summed E-state index contributed by atoms with van der Waals surface area (Å²) in [6.07, 6.45) is 2.41. The summed E-state index contributed by atoms with van der Waals surface area (Å²) in [5, 5.41) is 3.46. The molecule has 1 aromatic rings. The normalized spacial score (nSPS) is 24.2. The van der Waals surface area contributed by atoms with Crippen LogP contribution >= 0.6 is 0 Å². The molecule has 4 heteroatoms. The van der Waals surface area contributed by atoms with E-state index in [0.29, 0.717) is 5.92 Å². The third kappa shape index (κ3) is 2.95. The Kier molecular flexibility index (Phi) is 3.27. The van der Waals surface area contributed by atoms with Crippen molar-refractivity contribution in [2.45, 2.75) is 32.5 Å². The van der Waals surface area contributed by atoms with Crippen LogP contribution in [0.25, 0.3) is 0 Å². The van der Waals surface area contributed by atoms with Gasteiger partial charge in [-0.05, 0) is 30.9 Å². The highest BCUT2D eigenvalue weighted by Gasteiger charge is 2.31. The van der Waals surface area contributed by atoms with Gasteiger partial charge in [0.05, 0.1) is 6.61 Å². The third-order valence-corrected chi connectivity index (χ3v) is 3.50. The summed E-state index contributed by atoms with van der Waals surface area (Å²) in [6, 6.07) is 6.00. The van der Waals surface area contributed by atoms with Crippen LogP contribution in [0.4, 0.5) is 5.69 Å². The van der Waals surface area contributed by atoms with Crippen LogP contribution in [0.2, 0.25) is 0 Å². The summed E-state index contributed by atoms with van der Waals surface area (Å²) in [4.78, 5) is 0. The predicted octanol–water partition coefficient (Wildman–Crippen LogP) is 3.03. The lowest BCUT2D eigenvalue weighted by atomic mass is 10.0. The molecule has 0 radical (unpaired) electrons. The lowest BCUT2D eigenvalue weighted by Crippen LogP contribution is -2.29. The Balaban J connectivity index is 1.60. The first kappa shape index (κ1) is 12.6. The highest BCUT2D eigenvalue weighted by Crippen LogP contribution is 2.40. The predicted molar refractivity (Wildman–Crippen MR) is 73.8 cm³/mol. The number of hydrogen-bond acceptors (Lipinski definition) is 4. The van der Waals surface area contributed by atoms with Gasteiger partial charge < -0.3 is 19.5 Å². The Morgan fingerprint density at radius 2 is 2.11 bits per heavy atom. The van der Waals surface area contributed by atoms with E-state index in [1.54, 1.807) is 0 Å². The second-order valence-corrected chi connectivity index (χ2v) is 5.73. The molecule has 1 fully saturated rings. The maximum absolute atomic E-state index is 5.74. The first-order valence-electron chi connectivity index (χ1n) is 6.96. The Morgan fingerprint density at radius 3 is 2.89 bits per heavy atom. The molecule has 0 spiro atoms. The van der Waals surface area contributed by atoms with Gasteiger partial charge in [-0.3, -0.25) is 0 Å². The fourth-order valence-corrected chi connectivity index (χ4v) is 2.56. The lowest BCUT2D eigenvalue weighted by molar-refractivity contribution is -0.0431. The number of anilines is 1. The second kappa shape index (κ2) is 4.93. The lowest BCUT2D eigenvalue weighted by Gasteiger charge is -2.22. The molecule has 0 aliphatic carbocycles. The van der Waals surface area contributed by atoms with Gasteiger partial charge in [-0.25, -0.2) is 0 Å². The van der Waals surface area contributed by atoms with E-state index in [2.05, 4.69) is 5.32 Å². The van der Waals surface area contributed by atoms with Gasteiger partial charge >= 0.3 is 0 Å². The van der Waals surface area contributed by atoms with Gasteiger partial charge in [0.2, 0.25) is 5.79 Å². The molecule has 4 nitrogen and oxygen atoms in total. The van der Waals surface area contributed by atoms with Crippen molar-refractivity contribution in [1.29, 1.82) is 0 Å². The minimum Gasteiger partial charge on any atom is -0.449 e.